The molecule has 6 nitrogen and oxygen atoms in total. The molecular formula is C17H15ClN4O2. The van der Waals surface area contributed by atoms with Crippen molar-refractivity contribution in [3.63, 3.8) is 0 Å². The number of hydrazine groups is 1. The molecule has 0 aromatic heterocycles. The number of nitriles is 1. The van der Waals surface area contributed by atoms with E-state index in [1.54, 1.807) is 48.5 Å². The number of ether oxygens (including phenoxy) is 1. The highest BCUT2D eigenvalue weighted by Crippen LogP contribution is 2.19. The fraction of sp³-hybridized carbons (Fsp3) is 0.0588. The van der Waals surface area contributed by atoms with Crippen molar-refractivity contribution in [3.05, 3.63) is 70.4 Å². The van der Waals surface area contributed by atoms with Gasteiger partial charge in [0.1, 0.15) is 11.8 Å². The lowest BCUT2D eigenvalue weighted by atomic mass is 10.1. The molecule has 2 aromatic carbocycles. The summed E-state index contributed by atoms with van der Waals surface area (Å²) >= 11 is 5.79. The van der Waals surface area contributed by atoms with Crippen LogP contribution in [-0.4, -0.2) is 12.4 Å². The van der Waals surface area contributed by atoms with Crippen LogP contribution in [0.3, 0.4) is 0 Å². The summed E-state index contributed by atoms with van der Waals surface area (Å²) in [5.41, 5.74) is 9.40. The molecule has 5 N–H and O–H groups in total. The molecule has 0 bridgehead atoms. The number of ketones is 1. The van der Waals surface area contributed by atoms with Crippen LogP contribution in [0.15, 0.2) is 54.2 Å². The van der Waals surface area contributed by atoms with Crippen LogP contribution in [0.25, 0.3) is 5.70 Å². The van der Waals surface area contributed by atoms with E-state index in [0.29, 0.717) is 21.9 Å². The van der Waals surface area contributed by atoms with E-state index in [4.69, 9.17) is 33.2 Å². The van der Waals surface area contributed by atoms with Crippen molar-refractivity contribution < 1.29 is 9.53 Å². The van der Waals surface area contributed by atoms with Gasteiger partial charge in [-0.05, 0) is 36.4 Å². The summed E-state index contributed by atoms with van der Waals surface area (Å²) in [6.07, 6.45) is 0. The van der Waals surface area contributed by atoms with Crippen LogP contribution in [0.1, 0.15) is 15.9 Å². The Hall–Kier alpha value is -3.01. The maximum Gasteiger partial charge on any atom is 0.200 e. The van der Waals surface area contributed by atoms with Crippen LogP contribution < -0.4 is 21.7 Å². The largest absolute Gasteiger partial charge is 0.485 e. The molecular weight excluding hydrogens is 328 g/mol. The number of Topliss-reactive ketones (excluding diaryl/α,β-unsaturated/α-hetero) is 1. The van der Waals surface area contributed by atoms with E-state index in [0.717, 1.165) is 0 Å². The fourth-order valence-electron chi connectivity index (χ4n) is 1.94. The van der Waals surface area contributed by atoms with Gasteiger partial charge in [0, 0.05) is 16.1 Å². The topological polar surface area (TPSA) is 114 Å². The minimum atomic E-state index is -0.179. The highest BCUT2D eigenvalue weighted by Gasteiger charge is 2.09. The number of carbonyl (C=O) groups is 1. The number of rotatable bonds is 6. The van der Waals surface area contributed by atoms with Crippen LogP contribution in [0.5, 0.6) is 5.75 Å². The average molecular weight is 343 g/mol. The summed E-state index contributed by atoms with van der Waals surface area (Å²) in [5, 5.41) is 9.49. The number of allylic oxidation sites excluding steroid dienone is 1. The van der Waals surface area contributed by atoms with Gasteiger partial charge in [0.05, 0.1) is 5.70 Å². The molecule has 2 rings (SSSR count). The van der Waals surface area contributed by atoms with Crippen molar-refractivity contribution in [1.82, 2.24) is 5.43 Å². The number of carbonyl (C=O) groups excluding carboxylic acids is 1. The maximum absolute atomic E-state index is 12.1. The van der Waals surface area contributed by atoms with Gasteiger partial charge in [-0.1, -0.05) is 23.7 Å². The van der Waals surface area contributed by atoms with Crippen LogP contribution in [0, 0.1) is 11.3 Å². The predicted molar refractivity (Wildman–Crippen MR) is 91.8 cm³/mol. The lowest BCUT2D eigenvalue weighted by molar-refractivity contribution is 0.0921. The molecule has 0 saturated heterocycles. The number of nitrogens with one attached hydrogen (secondary N) is 1. The molecule has 0 fully saturated rings. The lowest BCUT2D eigenvalue weighted by Crippen LogP contribution is -2.23. The summed E-state index contributed by atoms with van der Waals surface area (Å²) in [6, 6.07) is 15.1. The van der Waals surface area contributed by atoms with E-state index in [1.165, 1.54) is 0 Å². The zero-order valence-electron chi connectivity index (χ0n) is 12.6. The molecule has 0 radical (unpaired) electrons. The van der Waals surface area contributed by atoms with Crippen LogP contribution in [-0.2, 0) is 0 Å². The monoisotopic (exact) mass is 342 g/mol. The standard InChI is InChI=1S/C17H15ClN4O2/c18-13-6-4-11(5-7-13)16(23)10-24-14-3-1-2-12(8-14)17(20)15(9-19)22-21/h1-8,22H,10,20-21H2/b17-15-. The third kappa shape index (κ3) is 4.26. The molecule has 0 aliphatic carbocycles. The molecule has 0 aliphatic heterocycles. The molecule has 0 spiro atoms. The Morgan fingerprint density at radius 1 is 1.21 bits per heavy atom. The summed E-state index contributed by atoms with van der Waals surface area (Å²) in [7, 11) is 0. The molecule has 0 aliphatic rings. The number of hydrogen-bond acceptors (Lipinski definition) is 6. The second-order valence-electron chi connectivity index (χ2n) is 4.79. The molecule has 0 saturated carbocycles. The van der Waals surface area contributed by atoms with Crippen molar-refractivity contribution >= 4 is 23.1 Å². The van der Waals surface area contributed by atoms with Crippen LogP contribution >= 0.6 is 11.6 Å². The second-order valence-corrected chi connectivity index (χ2v) is 5.23. The number of benzene rings is 2. The number of hydrogen-bond donors (Lipinski definition) is 3. The quantitative estimate of drug-likeness (QED) is 0.321. The van der Waals surface area contributed by atoms with E-state index in [2.05, 4.69) is 5.43 Å². The van der Waals surface area contributed by atoms with Gasteiger partial charge >= 0.3 is 0 Å². The van der Waals surface area contributed by atoms with Crippen LogP contribution in [0.2, 0.25) is 5.02 Å². The summed E-state index contributed by atoms with van der Waals surface area (Å²) in [5.74, 6) is 5.51. The highest BCUT2D eigenvalue weighted by molar-refractivity contribution is 6.30. The van der Waals surface area contributed by atoms with Gasteiger partial charge in [0.25, 0.3) is 0 Å². The zero-order chi connectivity index (χ0) is 17.5. The average Bonchev–Trinajstić information content (AvgIpc) is 2.61. The summed E-state index contributed by atoms with van der Waals surface area (Å²) in [4.78, 5) is 12.1. The molecule has 0 atom stereocenters. The Kier molecular flexibility index (Phi) is 5.79. The Morgan fingerprint density at radius 2 is 1.92 bits per heavy atom. The smallest absolute Gasteiger partial charge is 0.200 e. The normalized spacial score (nSPS) is 11.2. The first-order valence-electron chi connectivity index (χ1n) is 6.93. The van der Waals surface area contributed by atoms with Gasteiger partial charge in [-0.3, -0.25) is 4.79 Å². The Labute approximate surface area is 144 Å². The minimum Gasteiger partial charge on any atom is -0.485 e. The van der Waals surface area contributed by atoms with Gasteiger partial charge in [-0.2, -0.15) is 5.26 Å². The first-order valence-corrected chi connectivity index (χ1v) is 7.31. The Bertz CT molecular complexity index is 810. The lowest BCUT2D eigenvalue weighted by Gasteiger charge is -2.09. The molecule has 7 heteroatoms. The van der Waals surface area contributed by atoms with Crippen molar-refractivity contribution in [3.8, 4) is 11.8 Å². The third-order valence-corrected chi connectivity index (χ3v) is 3.46. The van der Waals surface area contributed by atoms with Gasteiger partial charge in [-0.25, -0.2) is 5.84 Å². The van der Waals surface area contributed by atoms with Crippen molar-refractivity contribution in [2.24, 2.45) is 11.6 Å². The van der Waals surface area contributed by atoms with Gasteiger partial charge < -0.3 is 15.9 Å². The van der Waals surface area contributed by atoms with Crippen molar-refractivity contribution in [2.45, 2.75) is 0 Å². The molecule has 0 unspecified atom stereocenters. The molecule has 24 heavy (non-hydrogen) atoms. The van der Waals surface area contributed by atoms with E-state index >= 15 is 0 Å². The fourth-order valence-corrected chi connectivity index (χ4v) is 2.06. The zero-order valence-corrected chi connectivity index (χ0v) is 13.4. The van der Waals surface area contributed by atoms with E-state index in [-0.39, 0.29) is 23.8 Å². The first kappa shape index (κ1) is 17.3. The molecule has 0 amide bonds. The van der Waals surface area contributed by atoms with Crippen molar-refractivity contribution in [1.29, 1.82) is 5.26 Å². The van der Waals surface area contributed by atoms with E-state index in [1.807, 2.05) is 6.07 Å². The van der Waals surface area contributed by atoms with Crippen molar-refractivity contribution in [2.75, 3.05) is 6.61 Å². The summed E-state index contributed by atoms with van der Waals surface area (Å²) in [6.45, 7) is -0.130. The first-order chi connectivity index (χ1) is 11.5. The van der Waals surface area contributed by atoms with Gasteiger partial charge in [0.15, 0.2) is 18.1 Å². The molecule has 122 valence electrons. The minimum absolute atomic E-state index is 0.0457. The second kappa shape index (κ2) is 8.02. The highest BCUT2D eigenvalue weighted by atomic mass is 35.5. The number of nitrogens with zero attached hydrogens (tertiary/aromatic N) is 1. The van der Waals surface area contributed by atoms with Crippen LogP contribution in [0.4, 0.5) is 0 Å². The predicted octanol–water partition coefficient (Wildman–Crippen LogP) is 2.22. The Morgan fingerprint density at radius 3 is 2.54 bits per heavy atom. The Balaban J connectivity index is 2.10. The molecule has 2 aromatic rings. The third-order valence-electron chi connectivity index (χ3n) is 3.21. The van der Waals surface area contributed by atoms with E-state index in [9.17, 15) is 4.79 Å². The van der Waals surface area contributed by atoms with Gasteiger partial charge in [0.2, 0.25) is 0 Å². The number of nitrogens with two attached hydrogens (primary N) is 2. The SMILES string of the molecule is N#C/C(NN)=C(/N)c1cccc(OCC(=O)c2ccc(Cl)cc2)c1. The molecule has 0 heterocycles. The number of halogens is 1. The maximum atomic E-state index is 12.1. The summed E-state index contributed by atoms with van der Waals surface area (Å²) < 4.78 is 5.50. The van der Waals surface area contributed by atoms with Gasteiger partial charge in [-0.15, -0.1) is 0 Å². The van der Waals surface area contributed by atoms with E-state index < -0.39 is 0 Å².